The predicted molar refractivity (Wildman–Crippen MR) is 76.4 cm³/mol. The molecule has 0 aliphatic carbocycles. The Morgan fingerprint density at radius 1 is 1.45 bits per heavy atom. The van der Waals surface area contributed by atoms with E-state index in [0.717, 1.165) is 10.5 Å². The smallest absolute Gasteiger partial charge is 0.274 e. The van der Waals surface area contributed by atoms with E-state index >= 15 is 0 Å². The minimum atomic E-state index is -0.392. The minimum absolute atomic E-state index is 0.0889. The van der Waals surface area contributed by atoms with Crippen LogP contribution in [0.4, 0.5) is 5.69 Å². The maximum Gasteiger partial charge on any atom is 0.274 e. The van der Waals surface area contributed by atoms with E-state index in [1.54, 1.807) is 18.2 Å². The van der Waals surface area contributed by atoms with E-state index in [-0.39, 0.29) is 18.8 Å². The Hall–Kier alpha value is -1.99. The topological polar surface area (TPSA) is 80.7 Å². The Kier molecular flexibility index (Phi) is 4.65. The van der Waals surface area contributed by atoms with E-state index in [2.05, 4.69) is 4.99 Å². The average Bonchev–Trinajstić information content (AvgIpc) is 2.78. The lowest BCUT2D eigenvalue weighted by atomic mass is 10.2. The van der Waals surface area contributed by atoms with Gasteiger partial charge in [0.25, 0.3) is 5.69 Å². The number of aliphatic hydroxyl groups is 1. The first-order valence-electron chi connectivity index (χ1n) is 6.10. The standard InChI is InChI=1S/C13H15N3O3S/c1-15-11(6-7-17)9-20-13(15)14-8-10-4-2-3-5-12(10)16(18)19/h2-5,9,17H,6-8H2,1H3. The largest absolute Gasteiger partial charge is 0.396 e. The van der Waals surface area contributed by atoms with E-state index in [0.29, 0.717) is 12.0 Å². The van der Waals surface area contributed by atoms with Crippen LogP contribution in [-0.4, -0.2) is 21.2 Å². The van der Waals surface area contributed by atoms with Gasteiger partial charge in [-0.1, -0.05) is 18.2 Å². The van der Waals surface area contributed by atoms with Crippen molar-refractivity contribution in [2.24, 2.45) is 12.0 Å². The van der Waals surface area contributed by atoms with E-state index in [1.807, 2.05) is 17.0 Å². The van der Waals surface area contributed by atoms with Gasteiger partial charge in [-0.3, -0.25) is 15.1 Å². The van der Waals surface area contributed by atoms with Crippen LogP contribution in [0.5, 0.6) is 0 Å². The van der Waals surface area contributed by atoms with Crippen molar-refractivity contribution >= 4 is 17.0 Å². The number of nitrogens with zero attached hydrogens (tertiary/aromatic N) is 3. The average molecular weight is 293 g/mol. The van der Waals surface area contributed by atoms with Gasteiger partial charge in [0.15, 0.2) is 4.80 Å². The number of benzene rings is 1. The number of aromatic nitrogens is 1. The van der Waals surface area contributed by atoms with Crippen molar-refractivity contribution in [2.45, 2.75) is 13.0 Å². The summed E-state index contributed by atoms with van der Waals surface area (Å²) in [5.41, 5.74) is 1.68. The number of nitro benzene ring substituents is 1. The van der Waals surface area contributed by atoms with Gasteiger partial charge in [0, 0.05) is 37.2 Å². The molecule has 1 N–H and O–H groups in total. The van der Waals surface area contributed by atoms with Crippen LogP contribution in [0.1, 0.15) is 11.3 Å². The summed E-state index contributed by atoms with van der Waals surface area (Å²) in [6, 6.07) is 6.61. The Bertz CT molecular complexity index is 675. The van der Waals surface area contributed by atoms with Crippen LogP contribution in [0.25, 0.3) is 0 Å². The van der Waals surface area contributed by atoms with Crippen molar-refractivity contribution in [3.05, 3.63) is 55.8 Å². The monoisotopic (exact) mass is 293 g/mol. The summed E-state index contributed by atoms with van der Waals surface area (Å²) >= 11 is 1.46. The molecule has 2 rings (SSSR count). The number of aliphatic hydroxyl groups excluding tert-OH is 1. The number of hydrogen-bond acceptors (Lipinski definition) is 5. The van der Waals surface area contributed by atoms with Crippen molar-refractivity contribution in [1.82, 2.24) is 4.57 Å². The van der Waals surface area contributed by atoms with Crippen LogP contribution in [0.15, 0.2) is 34.6 Å². The van der Waals surface area contributed by atoms with Gasteiger partial charge in [0.05, 0.1) is 17.0 Å². The van der Waals surface area contributed by atoms with Crippen LogP contribution in [0.3, 0.4) is 0 Å². The molecule has 0 saturated heterocycles. The number of thiazole rings is 1. The first kappa shape index (κ1) is 14.4. The molecule has 1 aromatic carbocycles. The molecule has 0 spiro atoms. The van der Waals surface area contributed by atoms with E-state index in [4.69, 9.17) is 5.11 Å². The predicted octanol–water partition coefficient (Wildman–Crippen LogP) is 1.63. The molecule has 0 fully saturated rings. The van der Waals surface area contributed by atoms with Gasteiger partial charge in [-0.25, -0.2) is 0 Å². The summed E-state index contributed by atoms with van der Waals surface area (Å²) < 4.78 is 1.90. The number of rotatable bonds is 5. The van der Waals surface area contributed by atoms with Crippen molar-refractivity contribution in [3.8, 4) is 0 Å². The molecule has 106 valence electrons. The molecule has 1 aromatic heterocycles. The van der Waals surface area contributed by atoms with Gasteiger partial charge in [0.1, 0.15) is 0 Å². The minimum Gasteiger partial charge on any atom is -0.396 e. The normalized spacial score (nSPS) is 11.8. The molecule has 0 atom stereocenters. The van der Waals surface area contributed by atoms with Crippen LogP contribution in [0.2, 0.25) is 0 Å². The molecule has 7 heteroatoms. The fraction of sp³-hybridized carbons (Fsp3) is 0.308. The lowest BCUT2D eigenvalue weighted by Gasteiger charge is -2.00. The summed E-state index contributed by atoms with van der Waals surface area (Å²) in [7, 11) is 1.87. The van der Waals surface area contributed by atoms with Gasteiger partial charge in [-0.2, -0.15) is 0 Å². The summed E-state index contributed by atoms with van der Waals surface area (Å²) in [5, 5.41) is 21.8. The van der Waals surface area contributed by atoms with Crippen LogP contribution in [-0.2, 0) is 20.0 Å². The second-order valence-corrected chi connectivity index (χ2v) is 5.08. The highest BCUT2D eigenvalue weighted by molar-refractivity contribution is 7.07. The summed E-state index contributed by atoms with van der Waals surface area (Å²) in [6.07, 6.45) is 0.577. The molecule has 0 radical (unpaired) electrons. The van der Waals surface area contributed by atoms with Crippen molar-refractivity contribution in [2.75, 3.05) is 6.61 Å². The maximum atomic E-state index is 10.9. The second kappa shape index (κ2) is 6.44. The third kappa shape index (κ3) is 3.12. The second-order valence-electron chi connectivity index (χ2n) is 4.24. The van der Waals surface area contributed by atoms with E-state index in [9.17, 15) is 10.1 Å². The Labute approximate surface area is 119 Å². The number of hydrogen-bond donors (Lipinski definition) is 1. The molecule has 0 aliphatic heterocycles. The van der Waals surface area contributed by atoms with Crippen LogP contribution < -0.4 is 4.80 Å². The molecular formula is C13H15N3O3S. The van der Waals surface area contributed by atoms with Crippen molar-refractivity contribution < 1.29 is 10.0 Å². The van der Waals surface area contributed by atoms with Crippen molar-refractivity contribution in [1.29, 1.82) is 0 Å². The molecule has 0 unspecified atom stereocenters. The first-order valence-corrected chi connectivity index (χ1v) is 6.98. The highest BCUT2D eigenvalue weighted by Crippen LogP contribution is 2.18. The molecule has 2 aromatic rings. The zero-order valence-electron chi connectivity index (χ0n) is 11.0. The highest BCUT2D eigenvalue weighted by atomic mass is 32.1. The van der Waals surface area contributed by atoms with Gasteiger partial charge in [-0.05, 0) is 0 Å². The van der Waals surface area contributed by atoms with Gasteiger partial charge in [0.2, 0.25) is 0 Å². The Morgan fingerprint density at radius 2 is 2.20 bits per heavy atom. The van der Waals surface area contributed by atoms with Gasteiger partial charge < -0.3 is 9.67 Å². The van der Waals surface area contributed by atoms with Crippen LogP contribution in [0, 0.1) is 10.1 Å². The third-order valence-corrected chi connectivity index (χ3v) is 3.96. The summed E-state index contributed by atoms with van der Waals surface area (Å²) in [6.45, 7) is 0.359. The van der Waals surface area contributed by atoms with Crippen LogP contribution >= 0.6 is 11.3 Å². The van der Waals surface area contributed by atoms with E-state index in [1.165, 1.54) is 17.4 Å². The maximum absolute atomic E-state index is 10.9. The lowest BCUT2D eigenvalue weighted by molar-refractivity contribution is -0.385. The fourth-order valence-electron chi connectivity index (χ4n) is 1.86. The number of nitro groups is 1. The molecule has 6 nitrogen and oxygen atoms in total. The Morgan fingerprint density at radius 3 is 2.90 bits per heavy atom. The quantitative estimate of drug-likeness (QED) is 0.672. The SMILES string of the molecule is Cn1c(CCO)csc1=NCc1ccccc1[N+](=O)[O-]. The third-order valence-electron chi connectivity index (χ3n) is 2.96. The first-order chi connectivity index (χ1) is 9.63. The summed E-state index contributed by atoms with van der Waals surface area (Å²) in [5.74, 6) is 0. The lowest BCUT2D eigenvalue weighted by Crippen LogP contribution is -2.14. The zero-order chi connectivity index (χ0) is 14.5. The van der Waals surface area contributed by atoms with Crippen molar-refractivity contribution in [3.63, 3.8) is 0 Å². The van der Waals surface area contributed by atoms with Gasteiger partial charge >= 0.3 is 0 Å². The number of para-hydroxylation sites is 1. The molecule has 0 saturated carbocycles. The molecule has 1 heterocycles. The Balaban J connectivity index is 2.28. The molecule has 20 heavy (non-hydrogen) atoms. The molecule has 0 amide bonds. The zero-order valence-corrected chi connectivity index (χ0v) is 11.8. The van der Waals surface area contributed by atoms with Gasteiger partial charge in [-0.15, -0.1) is 11.3 Å². The molecule has 0 bridgehead atoms. The molecule has 0 aliphatic rings. The highest BCUT2D eigenvalue weighted by Gasteiger charge is 2.11. The summed E-state index contributed by atoms with van der Waals surface area (Å²) in [4.78, 5) is 15.7. The fourth-order valence-corrected chi connectivity index (χ4v) is 2.79. The van der Waals surface area contributed by atoms with E-state index < -0.39 is 4.92 Å². The molecular weight excluding hydrogens is 278 g/mol.